The van der Waals surface area contributed by atoms with Crippen molar-refractivity contribution in [1.82, 2.24) is 9.80 Å². The summed E-state index contributed by atoms with van der Waals surface area (Å²) in [7, 11) is 3.93. The molecule has 0 unspecified atom stereocenters. The highest BCUT2D eigenvalue weighted by Crippen LogP contribution is 2.33. The lowest BCUT2D eigenvalue weighted by atomic mass is 10.0. The lowest BCUT2D eigenvalue weighted by Crippen LogP contribution is -2.52. The second-order valence-electron chi connectivity index (χ2n) is 6.37. The smallest absolute Gasteiger partial charge is 0.143 e. The minimum atomic E-state index is 0.730. The highest BCUT2D eigenvalue weighted by Gasteiger charge is 2.27. The topological polar surface area (TPSA) is 19.0 Å². The molecule has 0 spiro atoms. The molecule has 0 bridgehead atoms. The van der Waals surface area contributed by atoms with Crippen molar-refractivity contribution >= 4 is 17.3 Å². The van der Waals surface area contributed by atoms with Crippen LogP contribution in [0.25, 0.3) is 0 Å². The molecule has 4 nitrogen and oxygen atoms in total. The minimum Gasteiger partial charge on any atom is -0.495 e. The fourth-order valence-corrected chi connectivity index (χ4v) is 3.73. The first kappa shape index (κ1) is 15.9. The monoisotopic (exact) mass is 323 g/mol. The number of likely N-dealkylation sites (N-methyl/N-ethyl adjacent to an activating group) is 1. The van der Waals surface area contributed by atoms with E-state index in [4.69, 9.17) is 16.3 Å². The van der Waals surface area contributed by atoms with E-state index < -0.39 is 0 Å². The van der Waals surface area contributed by atoms with E-state index in [1.54, 1.807) is 7.11 Å². The van der Waals surface area contributed by atoms with Gasteiger partial charge in [-0.15, -0.1) is 0 Å². The molecule has 2 aliphatic heterocycles. The molecule has 2 saturated heterocycles. The number of benzene rings is 1. The van der Waals surface area contributed by atoms with Crippen molar-refractivity contribution < 1.29 is 4.74 Å². The van der Waals surface area contributed by atoms with E-state index in [0.717, 1.165) is 29.9 Å². The van der Waals surface area contributed by atoms with Crippen LogP contribution in [0.3, 0.4) is 0 Å². The van der Waals surface area contributed by atoms with Gasteiger partial charge in [-0.1, -0.05) is 11.6 Å². The molecule has 2 fully saturated rings. The normalized spacial score (nSPS) is 22.0. The van der Waals surface area contributed by atoms with Crippen LogP contribution in [0.2, 0.25) is 5.02 Å². The van der Waals surface area contributed by atoms with Crippen LogP contribution in [0.4, 0.5) is 5.69 Å². The first-order valence-corrected chi connectivity index (χ1v) is 8.56. The van der Waals surface area contributed by atoms with Crippen LogP contribution < -0.4 is 9.64 Å². The Morgan fingerprint density at radius 2 is 1.73 bits per heavy atom. The van der Waals surface area contributed by atoms with Crippen LogP contribution in [0.15, 0.2) is 18.2 Å². The van der Waals surface area contributed by atoms with Gasteiger partial charge in [0, 0.05) is 56.4 Å². The molecule has 122 valence electrons. The first-order chi connectivity index (χ1) is 10.7. The number of rotatable bonds is 3. The summed E-state index contributed by atoms with van der Waals surface area (Å²) in [6.07, 6.45) is 2.46. The van der Waals surface area contributed by atoms with Gasteiger partial charge in [-0.05, 0) is 32.0 Å². The van der Waals surface area contributed by atoms with Crippen molar-refractivity contribution in [1.29, 1.82) is 0 Å². The van der Waals surface area contributed by atoms with Gasteiger partial charge in [0.05, 0.1) is 12.8 Å². The highest BCUT2D eigenvalue weighted by molar-refractivity contribution is 6.30. The van der Waals surface area contributed by atoms with Crippen LogP contribution in [-0.4, -0.2) is 69.3 Å². The van der Waals surface area contributed by atoms with Gasteiger partial charge in [0.15, 0.2) is 0 Å². The van der Waals surface area contributed by atoms with Gasteiger partial charge in [-0.3, -0.25) is 4.90 Å². The van der Waals surface area contributed by atoms with Crippen LogP contribution in [0, 0.1) is 0 Å². The summed E-state index contributed by atoms with van der Waals surface area (Å²) in [6, 6.07) is 6.68. The summed E-state index contributed by atoms with van der Waals surface area (Å²) >= 11 is 6.06. The fraction of sp³-hybridized carbons (Fsp3) is 0.647. The molecule has 2 heterocycles. The molecule has 2 aliphatic rings. The average Bonchev–Trinajstić information content (AvgIpc) is 2.56. The number of ether oxygens (including phenoxy) is 1. The first-order valence-electron chi connectivity index (χ1n) is 8.18. The molecule has 0 N–H and O–H groups in total. The zero-order valence-corrected chi connectivity index (χ0v) is 14.4. The highest BCUT2D eigenvalue weighted by atomic mass is 35.5. The number of methoxy groups -OCH3 is 1. The van der Waals surface area contributed by atoms with Gasteiger partial charge in [-0.25, -0.2) is 0 Å². The number of anilines is 1. The van der Waals surface area contributed by atoms with Crippen LogP contribution in [0.1, 0.15) is 12.8 Å². The van der Waals surface area contributed by atoms with E-state index in [1.165, 1.54) is 44.7 Å². The van der Waals surface area contributed by atoms with Crippen molar-refractivity contribution in [3.63, 3.8) is 0 Å². The Hall–Kier alpha value is -0.970. The molecule has 1 aromatic carbocycles. The number of piperazine rings is 1. The van der Waals surface area contributed by atoms with Gasteiger partial charge in [0.2, 0.25) is 0 Å². The minimum absolute atomic E-state index is 0.730. The number of hydrogen-bond donors (Lipinski definition) is 0. The maximum atomic E-state index is 6.06. The number of piperidine rings is 1. The van der Waals surface area contributed by atoms with Gasteiger partial charge in [0.25, 0.3) is 0 Å². The van der Waals surface area contributed by atoms with Crippen molar-refractivity contribution in [2.24, 2.45) is 0 Å². The van der Waals surface area contributed by atoms with E-state index >= 15 is 0 Å². The van der Waals surface area contributed by atoms with Crippen LogP contribution >= 0.6 is 11.6 Å². The fourth-order valence-electron chi connectivity index (χ4n) is 3.57. The lowest BCUT2D eigenvalue weighted by Gasteiger charge is -2.42. The van der Waals surface area contributed by atoms with Crippen molar-refractivity contribution in [2.45, 2.75) is 18.9 Å². The van der Waals surface area contributed by atoms with Gasteiger partial charge in [-0.2, -0.15) is 0 Å². The van der Waals surface area contributed by atoms with E-state index in [2.05, 4.69) is 27.8 Å². The summed E-state index contributed by atoms with van der Waals surface area (Å²) in [5.41, 5.74) is 1.17. The van der Waals surface area contributed by atoms with Gasteiger partial charge in [0.1, 0.15) is 5.75 Å². The molecular weight excluding hydrogens is 298 g/mol. The summed E-state index contributed by atoms with van der Waals surface area (Å²) in [5, 5.41) is 0.730. The number of halogens is 1. The standard InChI is InChI=1S/C17H26ClN3O/c1-19-9-11-20(12-10-19)15-5-7-21(8-6-15)16-4-3-14(18)13-17(16)22-2/h3-4,13,15H,5-12H2,1-2H3. The summed E-state index contributed by atoms with van der Waals surface area (Å²) in [6.45, 7) is 7.01. The maximum Gasteiger partial charge on any atom is 0.143 e. The zero-order chi connectivity index (χ0) is 15.5. The quantitative estimate of drug-likeness (QED) is 0.851. The Balaban J connectivity index is 1.60. The van der Waals surface area contributed by atoms with Crippen molar-refractivity contribution in [2.75, 3.05) is 58.3 Å². The molecule has 0 saturated carbocycles. The number of nitrogens with zero attached hydrogens (tertiary/aromatic N) is 3. The molecule has 0 atom stereocenters. The van der Waals surface area contributed by atoms with E-state index in [-0.39, 0.29) is 0 Å². The lowest BCUT2D eigenvalue weighted by molar-refractivity contribution is 0.0981. The third kappa shape index (κ3) is 3.50. The van der Waals surface area contributed by atoms with Crippen LogP contribution in [0.5, 0.6) is 5.75 Å². The van der Waals surface area contributed by atoms with E-state index in [1.807, 2.05) is 12.1 Å². The Morgan fingerprint density at radius 3 is 2.36 bits per heavy atom. The molecule has 0 amide bonds. The maximum absolute atomic E-state index is 6.06. The van der Waals surface area contributed by atoms with E-state index in [9.17, 15) is 0 Å². The Bertz CT molecular complexity index is 495. The van der Waals surface area contributed by atoms with E-state index in [0.29, 0.717) is 0 Å². The number of hydrogen-bond acceptors (Lipinski definition) is 4. The molecular formula is C17H26ClN3O. The third-order valence-electron chi connectivity index (χ3n) is 5.00. The molecule has 1 aromatic rings. The van der Waals surface area contributed by atoms with Crippen LogP contribution in [-0.2, 0) is 0 Å². The van der Waals surface area contributed by atoms with Crippen molar-refractivity contribution in [3.8, 4) is 5.75 Å². The molecule has 22 heavy (non-hydrogen) atoms. The molecule has 0 aromatic heterocycles. The largest absolute Gasteiger partial charge is 0.495 e. The molecule has 5 heteroatoms. The second kappa shape index (κ2) is 7.07. The predicted molar refractivity (Wildman–Crippen MR) is 92.3 cm³/mol. The van der Waals surface area contributed by atoms with Crippen molar-refractivity contribution in [3.05, 3.63) is 23.2 Å². The van der Waals surface area contributed by atoms with Gasteiger partial charge >= 0.3 is 0 Å². The van der Waals surface area contributed by atoms with Gasteiger partial charge < -0.3 is 14.5 Å². The zero-order valence-electron chi connectivity index (χ0n) is 13.6. The Morgan fingerprint density at radius 1 is 1.05 bits per heavy atom. The average molecular weight is 324 g/mol. The molecule has 3 rings (SSSR count). The summed E-state index contributed by atoms with van der Waals surface area (Å²) in [5.74, 6) is 0.880. The molecule has 0 radical (unpaired) electrons. The SMILES string of the molecule is COc1cc(Cl)ccc1N1CCC(N2CCN(C)CC2)CC1. The third-order valence-corrected chi connectivity index (χ3v) is 5.24. The second-order valence-corrected chi connectivity index (χ2v) is 6.81. The predicted octanol–water partition coefficient (Wildman–Crippen LogP) is 2.56. The summed E-state index contributed by atoms with van der Waals surface area (Å²) < 4.78 is 5.49. The molecule has 0 aliphatic carbocycles. The Kier molecular flexibility index (Phi) is 5.11. The Labute approximate surface area is 138 Å². The summed E-state index contributed by atoms with van der Waals surface area (Å²) in [4.78, 5) is 7.53.